The second-order valence-corrected chi connectivity index (χ2v) is 12.0. The third-order valence-corrected chi connectivity index (χ3v) is 8.22. The van der Waals surface area contributed by atoms with Crippen LogP contribution in [0.4, 0.5) is 11.4 Å². The van der Waals surface area contributed by atoms with Crippen molar-refractivity contribution < 1.29 is 39.6 Å². The summed E-state index contributed by atoms with van der Waals surface area (Å²) >= 11 is 0. The standard InChI is InChI=1S/C22H19NO4.C22H17NO4/c2*24-20-9-5-4-6-16(20)12-10-15-11-13-18(22(26)27)19(14-15)23-21(25)17-7-2-1-3-8-17/h1-9,11,13-14,24H,10,12H2,(H,23,25)(H,26,27);1-14,24H,(H,23,25)(H,26,27)/b;12-10+. The van der Waals surface area contributed by atoms with Gasteiger partial charge in [0.15, 0.2) is 0 Å². The largest absolute Gasteiger partial charge is 0.508 e. The SMILES string of the molecule is O=C(Nc1cc(/C=C/c2ccccc2O)ccc1C(=O)O)c1ccccc1.O=C(Nc1cc(CCc2ccccc2O)ccc1C(=O)O)c1ccccc1. The molecule has 0 spiro atoms. The maximum Gasteiger partial charge on any atom is 0.337 e. The lowest BCUT2D eigenvalue weighted by molar-refractivity contribution is 0.0687. The van der Waals surface area contributed by atoms with Gasteiger partial charge in [-0.15, -0.1) is 0 Å². The molecular weight excluding hydrogens is 684 g/mol. The van der Waals surface area contributed by atoms with Gasteiger partial charge in [0.25, 0.3) is 11.8 Å². The number of aromatic hydroxyl groups is 2. The smallest absolute Gasteiger partial charge is 0.337 e. The van der Waals surface area contributed by atoms with Gasteiger partial charge in [-0.25, -0.2) is 9.59 Å². The summed E-state index contributed by atoms with van der Waals surface area (Å²) in [6, 6.07) is 40.7. The average molecular weight is 721 g/mol. The number of carbonyl (C=O) groups excluding carboxylic acids is 2. The van der Waals surface area contributed by atoms with Crippen LogP contribution in [0.5, 0.6) is 11.5 Å². The van der Waals surface area contributed by atoms with Crippen LogP contribution < -0.4 is 10.6 Å². The molecule has 54 heavy (non-hydrogen) atoms. The maximum atomic E-state index is 12.4. The molecule has 0 fully saturated rings. The molecule has 6 aromatic rings. The maximum absolute atomic E-state index is 12.4. The number of benzene rings is 6. The fourth-order valence-corrected chi connectivity index (χ4v) is 5.38. The van der Waals surface area contributed by atoms with Crippen LogP contribution in [-0.4, -0.2) is 44.2 Å². The Labute approximate surface area is 311 Å². The highest BCUT2D eigenvalue weighted by molar-refractivity contribution is 6.08. The normalized spacial score (nSPS) is 10.5. The first-order valence-corrected chi connectivity index (χ1v) is 16.8. The molecule has 0 aliphatic carbocycles. The van der Waals surface area contributed by atoms with Gasteiger partial charge in [-0.2, -0.15) is 0 Å². The van der Waals surface area contributed by atoms with E-state index in [1.165, 1.54) is 12.1 Å². The fourth-order valence-electron chi connectivity index (χ4n) is 5.38. The summed E-state index contributed by atoms with van der Waals surface area (Å²) in [6.45, 7) is 0. The number of hydrogen-bond donors (Lipinski definition) is 6. The van der Waals surface area contributed by atoms with E-state index in [0.29, 0.717) is 35.1 Å². The molecule has 6 rings (SSSR count). The van der Waals surface area contributed by atoms with Crippen LogP contribution in [-0.2, 0) is 12.8 Å². The molecule has 0 aliphatic heterocycles. The number of hydrogen-bond acceptors (Lipinski definition) is 6. The molecule has 0 radical (unpaired) electrons. The Morgan fingerprint density at radius 3 is 1.56 bits per heavy atom. The van der Waals surface area contributed by atoms with E-state index in [0.717, 1.165) is 11.1 Å². The number of anilines is 2. The number of carboxylic acid groups (broad SMARTS) is 2. The van der Waals surface area contributed by atoms with E-state index < -0.39 is 11.9 Å². The van der Waals surface area contributed by atoms with E-state index >= 15 is 0 Å². The summed E-state index contributed by atoms with van der Waals surface area (Å²) < 4.78 is 0. The first-order chi connectivity index (χ1) is 26.1. The van der Waals surface area contributed by atoms with Crippen LogP contribution in [0.1, 0.15) is 63.7 Å². The molecule has 6 aromatic carbocycles. The van der Waals surface area contributed by atoms with Crippen molar-refractivity contribution in [2.24, 2.45) is 0 Å². The Morgan fingerprint density at radius 1 is 0.500 bits per heavy atom. The number of phenolic OH excluding ortho intramolecular Hbond substituents is 2. The highest BCUT2D eigenvalue weighted by atomic mass is 16.4. The van der Waals surface area contributed by atoms with Gasteiger partial charge in [0, 0.05) is 16.7 Å². The highest BCUT2D eigenvalue weighted by Crippen LogP contribution is 2.24. The predicted octanol–water partition coefficient (Wildman–Crippen LogP) is 8.64. The number of aromatic carboxylic acids is 2. The Morgan fingerprint density at radius 2 is 1.00 bits per heavy atom. The minimum atomic E-state index is -1.13. The van der Waals surface area contributed by atoms with Crippen molar-refractivity contribution in [3.63, 3.8) is 0 Å². The molecule has 0 saturated heterocycles. The Balaban J connectivity index is 0.000000208. The second kappa shape index (κ2) is 18.2. The van der Waals surface area contributed by atoms with Crippen LogP contribution >= 0.6 is 0 Å². The van der Waals surface area contributed by atoms with E-state index in [-0.39, 0.29) is 45.8 Å². The summed E-state index contributed by atoms with van der Waals surface area (Å²) in [5.41, 5.74) is 4.38. The molecule has 0 aromatic heterocycles. The van der Waals surface area contributed by atoms with Gasteiger partial charge >= 0.3 is 11.9 Å². The van der Waals surface area contributed by atoms with Crippen LogP contribution in [0.3, 0.4) is 0 Å². The van der Waals surface area contributed by atoms with Crippen LogP contribution in [0.25, 0.3) is 12.2 Å². The van der Waals surface area contributed by atoms with Crippen molar-refractivity contribution in [1.82, 2.24) is 0 Å². The number of amides is 2. The minimum Gasteiger partial charge on any atom is -0.508 e. The molecule has 0 unspecified atom stereocenters. The van der Waals surface area contributed by atoms with Gasteiger partial charge in [0.2, 0.25) is 0 Å². The topological polar surface area (TPSA) is 173 Å². The Bertz CT molecular complexity index is 2300. The molecule has 2 amide bonds. The molecule has 0 atom stereocenters. The molecule has 6 N–H and O–H groups in total. The van der Waals surface area contributed by atoms with Crippen LogP contribution in [0.2, 0.25) is 0 Å². The van der Waals surface area contributed by atoms with Gasteiger partial charge in [-0.3, -0.25) is 9.59 Å². The van der Waals surface area contributed by atoms with Gasteiger partial charge in [-0.05, 0) is 90.2 Å². The van der Waals surface area contributed by atoms with Crippen LogP contribution in [0.15, 0.2) is 146 Å². The molecule has 270 valence electrons. The number of nitrogens with one attached hydrogen (secondary N) is 2. The summed E-state index contributed by atoms with van der Waals surface area (Å²) in [5.74, 6) is -2.61. The molecule has 0 bridgehead atoms. The van der Waals surface area contributed by atoms with E-state index in [4.69, 9.17) is 0 Å². The lowest BCUT2D eigenvalue weighted by Crippen LogP contribution is -2.15. The number of carboxylic acids is 2. The van der Waals surface area contributed by atoms with E-state index in [1.807, 2.05) is 12.1 Å². The third-order valence-electron chi connectivity index (χ3n) is 8.22. The van der Waals surface area contributed by atoms with E-state index in [1.54, 1.807) is 133 Å². The van der Waals surface area contributed by atoms with Crippen molar-refractivity contribution in [2.45, 2.75) is 12.8 Å². The lowest BCUT2D eigenvalue weighted by Gasteiger charge is -2.11. The quantitative estimate of drug-likeness (QED) is 0.0722. The summed E-state index contributed by atoms with van der Waals surface area (Å²) in [7, 11) is 0. The molecule has 10 heteroatoms. The van der Waals surface area contributed by atoms with E-state index in [9.17, 15) is 39.6 Å². The minimum absolute atomic E-state index is 0.000936. The lowest BCUT2D eigenvalue weighted by atomic mass is 10.0. The fraction of sp³-hybridized carbons (Fsp3) is 0.0455. The molecule has 0 heterocycles. The number of aryl methyl sites for hydroxylation is 2. The molecule has 0 aliphatic rings. The highest BCUT2D eigenvalue weighted by Gasteiger charge is 2.16. The third kappa shape index (κ3) is 10.3. The van der Waals surface area contributed by atoms with Crippen molar-refractivity contribution in [2.75, 3.05) is 10.6 Å². The monoisotopic (exact) mass is 720 g/mol. The van der Waals surface area contributed by atoms with Crippen molar-refractivity contribution in [3.05, 3.63) is 190 Å². The van der Waals surface area contributed by atoms with E-state index in [2.05, 4.69) is 10.6 Å². The Kier molecular flexibility index (Phi) is 12.7. The molecule has 0 saturated carbocycles. The summed E-state index contributed by atoms with van der Waals surface area (Å²) in [4.78, 5) is 47.7. The second-order valence-electron chi connectivity index (χ2n) is 12.0. The van der Waals surface area contributed by atoms with Gasteiger partial charge in [0.1, 0.15) is 11.5 Å². The van der Waals surface area contributed by atoms with Crippen LogP contribution in [0, 0.1) is 0 Å². The zero-order valence-electron chi connectivity index (χ0n) is 28.8. The Hall–Kier alpha value is -7.46. The number of phenols is 2. The zero-order valence-corrected chi connectivity index (χ0v) is 28.8. The molecular formula is C44H36N2O8. The van der Waals surface area contributed by atoms with Gasteiger partial charge in [-0.1, -0.05) is 97.1 Å². The van der Waals surface area contributed by atoms with Gasteiger partial charge < -0.3 is 31.1 Å². The first kappa shape index (κ1) is 37.8. The van der Waals surface area contributed by atoms with Crippen molar-refractivity contribution >= 4 is 47.3 Å². The summed E-state index contributed by atoms with van der Waals surface area (Å²) in [5, 5.41) is 43.8. The molecule has 10 nitrogen and oxygen atoms in total. The first-order valence-electron chi connectivity index (χ1n) is 16.8. The average Bonchev–Trinajstić information content (AvgIpc) is 3.18. The predicted molar refractivity (Wildman–Crippen MR) is 208 cm³/mol. The number of para-hydroxylation sites is 2. The number of carbonyl (C=O) groups is 4. The van der Waals surface area contributed by atoms with Gasteiger partial charge in [0.05, 0.1) is 22.5 Å². The zero-order chi connectivity index (χ0) is 38.5. The van der Waals surface area contributed by atoms with Crippen molar-refractivity contribution in [3.8, 4) is 11.5 Å². The van der Waals surface area contributed by atoms with Crippen molar-refractivity contribution in [1.29, 1.82) is 0 Å². The number of rotatable bonds is 11. The summed E-state index contributed by atoms with van der Waals surface area (Å²) in [6.07, 6.45) is 4.66.